The molecule has 0 aromatic heterocycles. The summed E-state index contributed by atoms with van der Waals surface area (Å²) in [4.78, 5) is 12.4. The van der Waals surface area contributed by atoms with Gasteiger partial charge in [-0.25, -0.2) is 0 Å². The molecule has 6 heteroatoms. The van der Waals surface area contributed by atoms with Crippen LogP contribution in [0.1, 0.15) is 19.4 Å². The number of ether oxygens (including phenoxy) is 2. The van der Waals surface area contributed by atoms with Gasteiger partial charge in [-0.05, 0) is 49.8 Å². The maximum Gasteiger partial charge on any atom is 0.266 e. The smallest absolute Gasteiger partial charge is 0.266 e. The minimum atomic E-state index is -0.508. The van der Waals surface area contributed by atoms with E-state index in [1.807, 2.05) is 19.9 Å². The molecule has 1 amide bonds. The molecule has 0 aliphatic rings. The van der Waals surface area contributed by atoms with Crippen LogP contribution in [-0.4, -0.2) is 19.1 Å². The van der Waals surface area contributed by atoms with E-state index in [2.05, 4.69) is 5.32 Å². The molecule has 0 atom stereocenters. The molecule has 0 saturated heterocycles. The normalized spacial score (nSPS) is 10.8. The average molecular weight is 371 g/mol. The van der Waals surface area contributed by atoms with Crippen molar-refractivity contribution in [3.8, 4) is 17.6 Å². The summed E-state index contributed by atoms with van der Waals surface area (Å²) in [7, 11) is 0. The highest BCUT2D eigenvalue weighted by atomic mass is 35.5. The first-order chi connectivity index (χ1) is 12.6. The number of carbonyl (C=O) groups excluding carboxylic acids is 1. The fourth-order valence-corrected chi connectivity index (χ4v) is 2.47. The van der Waals surface area contributed by atoms with E-state index in [1.165, 1.54) is 6.08 Å². The summed E-state index contributed by atoms with van der Waals surface area (Å²) in [5.41, 5.74) is 1.15. The molecule has 0 aliphatic heterocycles. The Balaban J connectivity index is 2.18. The molecule has 0 heterocycles. The Hall–Kier alpha value is -2.97. The van der Waals surface area contributed by atoms with Gasteiger partial charge in [-0.1, -0.05) is 23.7 Å². The van der Waals surface area contributed by atoms with Gasteiger partial charge in [-0.2, -0.15) is 5.26 Å². The SMILES string of the molecule is CCOc1cccc(NC(=O)/C(C#N)=C\c2ccc(OCC)c(Cl)c2)c1. The molecule has 0 bridgehead atoms. The highest BCUT2D eigenvalue weighted by molar-refractivity contribution is 6.32. The number of anilines is 1. The van der Waals surface area contributed by atoms with Gasteiger partial charge < -0.3 is 14.8 Å². The fraction of sp³-hybridized carbons (Fsp3) is 0.200. The van der Waals surface area contributed by atoms with Crippen LogP contribution >= 0.6 is 11.6 Å². The standard InChI is InChI=1S/C20H19ClN2O3/c1-3-25-17-7-5-6-16(12-17)23-20(24)15(13-22)10-14-8-9-19(26-4-2)18(21)11-14/h5-12H,3-4H2,1-2H3,(H,23,24)/b15-10-. The van der Waals surface area contributed by atoms with Gasteiger partial charge in [0.15, 0.2) is 0 Å². The number of nitriles is 1. The van der Waals surface area contributed by atoms with Crippen molar-refractivity contribution in [3.63, 3.8) is 0 Å². The molecule has 5 nitrogen and oxygen atoms in total. The average Bonchev–Trinajstić information content (AvgIpc) is 2.62. The van der Waals surface area contributed by atoms with Crippen molar-refractivity contribution in [1.82, 2.24) is 0 Å². The highest BCUT2D eigenvalue weighted by Crippen LogP contribution is 2.26. The largest absolute Gasteiger partial charge is 0.494 e. The monoisotopic (exact) mass is 370 g/mol. The molecule has 0 unspecified atom stereocenters. The summed E-state index contributed by atoms with van der Waals surface area (Å²) in [5.74, 6) is 0.694. The maximum atomic E-state index is 12.4. The van der Waals surface area contributed by atoms with Crippen LogP contribution in [0.2, 0.25) is 5.02 Å². The van der Waals surface area contributed by atoms with Crippen molar-refractivity contribution in [1.29, 1.82) is 5.26 Å². The summed E-state index contributed by atoms with van der Waals surface area (Å²) in [6, 6.07) is 14.0. The second-order valence-electron chi connectivity index (χ2n) is 5.21. The third kappa shape index (κ3) is 5.27. The first kappa shape index (κ1) is 19.4. The van der Waals surface area contributed by atoms with Crippen molar-refractivity contribution in [3.05, 3.63) is 58.6 Å². The first-order valence-corrected chi connectivity index (χ1v) is 8.53. The topological polar surface area (TPSA) is 71.3 Å². The van der Waals surface area contributed by atoms with E-state index >= 15 is 0 Å². The third-order valence-electron chi connectivity index (χ3n) is 3.33. The lowest BCUT2D eigenvalue weighted by Gasteiger charge is -2.08. The van der Waals surface area contributed by atoms with E-state index in [0.717, 1.165) is 0 Å². The molecule has 26 heavy (non-hydrogen) atoms. The van der Waals surface area contributed by atoms with Gasteiger partial charge in [0.05, 0.1) is 18.2 Å². The predicted molar refractivity (Wildman–Crippen MR) is 102 cm³/mol. The Morgan fingerprint density at radius 2 is 1.96 bits per heavy atom. The van der Waals surface area contributed by atoms with E-state index < -0.39 is 5.91 Å². The van der Waals surface area contributed by atoms with E-state index in [1.54, 1.807) is 42.5 Å². The Bertz CT molecular complexity index is 856. The van der Waals surface area contributed by atoms with Crippen molar-refractivity contribution in [2.75, 3.05) is 18.5 Å². The van der Waals surface area contributed by atoms with E-state index in [-0.39, 0.29) is 5.57 Å². The summed E-state index contributed by atoms with van der Waals surface area (Å²) in [6.07, 6.45) is 1.48. The molecule has 2 aromatic rings. The molecular formula is C20H19ClN2O3. The van der Waals surface area contributed by atoms with Gasteiger partial charge in [0.2, 0.25) is 0 Å². The highest BCUT2D eigenvalue weighted by Gasteiger charge is 2.11. The fourth-order valence-electron chi connectivity index (χ4n) is 2.22. The number of rotatable bonds is 7. The summed E-state index contributed by atoms with van der Waals surface area (Å²) in [6.45, 7) is 4.77. The molecule has 2 rings (SSSR count). The summed E-state index contributed by atoms with van der Waals surface area (Å²) >= 11 is 6.14. The Morgan fingerprint density at radius 3 is 2.62 bits per heavy atom. The minimum Gasteiger partial charge on any atom is -0.494 e. The third-order valence-corrected chi connectivity index (χ3v) is 3.63. The second kappa shape index (κ2) is 9.50. The van der Waals surface area contributed by atoms with Gasteiger partial charge in [-0.3, -0.25) is 4.79 Å². The molecule has 0 saturated carbocycles. The number of halogens is 1. The van der Waals surface area contributed by atoms with Crippen LogP contribution in [0.25, 0.3) is 6.08 Å². The number of amides is 1. The Morgan fingerprint density at radius 1 is 1.19 bits per heavy atom. The summed E-state index contributed by atoms with van der Waals surface area (Å²) in [5, 5.41) is 12.4. The maximum absolute atomic E-state index is 12.4. The van der Waals surface area contributed by atoms with Crippen LogP contribution in [0.15, 0.2) is 48.0 Å². The lowest BCUT2D eigenvalue weighted by molar-refractivity contribution is -0.112. The van der Waals surface area contributed by atoms with Crippen LogP contribution in [0.5, 0.6) is 11.5 Å². The van der Waals surface area contributed by atoms with Crippen molar-refractivity contribution in [2.24, 2.45) is 0 Å². The lowest BCUT2D eigenvalue weighted by Crippen LogP contribution is -2.13. The zero-order valence-corrected chi connectivity index (χ0v) is 15.3. The number of hydrogen-bond acceptors (Lipinski definition) is 4. The number of hydrogen-bond donors (Lipinski definition) is 1. The zero-order chi connectivity index (χ0) is 18.9. The van der Waals surface area contributed by atoms with Gasteiger partial charge >= 0.3 is 0 Å². The summed E-state index contributed by atoms with van der Waals surface area (Å²) < 4.78 is 10.8. The number of nitrogens with one attached hydrogen (secondary N) is 1. The van der Waals surface area contributed by atoms with Gasteiger partial charge in [0.25, 0.3) is 5.91 Å². The number of benzene rings is 2. The molecular weight excluding hydrogens is 352 g/mol. The van der Waals surface area contributed by atoms with E-state index in [0.29, 0.717) is 41.0 Å². The van der Waals surface area contributed by atoms with Crippen LogP contribution in [0.4, 0.5) is 5.69 Å². The molecule has 0 aliphatic carbocycles. The number of carbonyl (C=O) groups is 1. The van der Waals surface area contributed by atoms with Gasteiger partial charge in [-0.15, -0.1) is 0 Å². The van der Waals surface area contributed by atoms with Crippen molar-refractivity contribution >= 4 is 29.3 Å². The Kier molecular flexibility index (Phi) is 7.07. The van der Waals surface area contributed by atoms with Crippen molar-refractivity contribution in [2.45, 2.75) is 13.8 Å². The van der Waals surface area contributed by atoms with Crippen LogP contribution in [-0.2, 0) is 4.79 Å². The molecule has 1 N–H and O–H groups in total. The van der Waals surface area contributed by atoms with Crippen LogP contribution < -0.4 is 14.8 Å². The van der Waals surface area contributed by atoms with Crippen LogP contribution in [0, 0.1) is 11.3 Å². The van der Waals surface area contributed by atoms with Gasteiger partial charge in [0.1, 0.15) is 23.1 Å². The molecule has 134 valence electrons. The van der Waals surface area contributed by atoms with E-state index in [9.17, 15) is 10.1 Å². The first-order valence-electron chi connectivity index (χ1n) is 8.15. The van der Waals surface area contributed by atoms with Crippen molar-refractivity contribution < 1.29 is 14.3 Å². The molecule has 0 radical (unpaired) electrons. The molecule has 2 aromatic carbocycles. The predicted octanol–water partition coefficient (Wildman–Crippen LogP) is 4.68. The number of nitrogens with zero attached hydrogens (tertiary/aromatic N) is 1. The molecule has 0 spiro atoms. The molecule has 0 fully saturated rings. The van der Waals surface area contributed by atoms with Gasteiger partial charge in [0, 0.05) is 11.8 Å². The van der Waals surface area contributed by atoms with Crippen LogP contribution in [0.3, 0.4) is 0 Å². The van der Waals surface area contributed by atoms with E-state index in [4.69, 9.17) is 21.1 Å². The lowest BCUT2D eigenvalue weighted by atomic mass is 10.1. The Labute approximate surface area is 157 Å². The quantitative estimate of drug-likeness (QED) is 0.567. The zero-order valence-electron chi connectivity index (χ0n) is 14.6. The second-order valence-corrected chi connectivity index (χ2v) is 5.61. The minimum absolute atomic E-state index is 0.0351.